The number of nitrogens with one attached hydrogen (secondary N) is 2. The normalized spacial score (nSPS) is 10.9. The lowest BCUT2D eigenvalue weighted by Crippen LogP contribution is -2.27. The third-order valence-corrected chi connectivity index (χ3v) is 5.59. The van der Waals surface area contributed by atoms with Crippen molar-refractivity contribution in [1.29, 1.82) is 0 Å². The van der Waals surface area contributed by atoms with Gasteiger partial charge in [0.15, 0.2) is 11.3 Å². The van der Waals surface area contributed by atoms with Gasteiger partial charge in [-0.2, -0.15) is 4.98 Å². The highest BCUT2D eigenvalue weighted by molar-refractivity contribution is 5.89. The first-order valence-electron chi connectivity index (χ1n) is 12.4. The number of nitrogens with two attached hydrogens (primary N) is 2. The molecule has 0 unspecified atom stereocenters. The number of carbonyl (C=O) groups excluding carboxylic acids is 2. The maximum absolute atomic E-state index is 12.4. The second kappa shape index (κ2) is 14.6. The number of ether oxygens (including phenoxy) is 2. The smallest absolute Gasteiger partial charge is 0.355 e. The van der Waals surface area contributed by atoms with Crippen molar-refractivity contribution >= 4 is 40.5 Å². The predicted molar refractivity (Wildman–Crippen MR) is 141 cm³/mol. The number of esters is 1. The summed E-state index contributed by atoms with van der Waals surface area (Å²) in [7, 11) is 1.91. The minimum Gasteiger partial charge on any atom is -0.462 e. The molecule has 1 amide bonds. The Labute approximate surface area is 220 Å². The fraction of sp³-hybridized carbons (Fsp3) is 0.440. The summed E-state index contributed by atoms with van der Waals surface area (Å²) in [6.45, 7) is 1.80. The minimum absolute atomic E-state index is 0.0325. The van der Waals surface area contributed by atoms with Crippen LogP contribution in [0.4, 0.5) is 17.5 Å². The van der Waals surface area contributed by atoms with E-state index in [-0.39, 0.29) is 36.9 Å². The fourth-order valence-corrected chi connectivity index (χ4v) is 3.63. The van der Waals surface area contributed by atoms with E-state index in [1.165, 1.54) is 0 Å². The molecule has 0 aliphatic carbocycles. The van der Waals surface area contributed by atoms with Crippen molar-refractivity contribution in [3.05, 3.63) is 41.7 Å². The number of amides is 1. The number of unbranched alkanes of at least 4 members (excludes halogenated alkanes) is 2. The number of anilines is 3. The molecule has 1 aromatic carbocycles. The summed E-state index contributed by atoms with van der Waals surface area (Å²) in [5, 5.41) is 11.4. The zero-order valence-corrected chi connectivity index (χ0v) is 21.5. The lowest BCUT2D eigenvalue weighted by Gasteiger charge is -2.18. The Balaban J connectivity index is 1.37. The highest BCUT2D eigenvalue weighted by atomic mass is 16.5. The molecule has 204 valence electrons. The first kappa shape index (κ1) is 28.5. The lowest BCUT2D eigenvalue weighted by atomic mass is 10.2. The Hall–Kier alpha value is -4.10. The van der Waals surface area contributed by atoms with Crippen LogP contribution in [0, 0.1) is 0 Å². The van der Waals surface area contributed by atoms with Crippen LogP contribution in [-0.4, -0.2) is 72.0 Å². The molecule has 0 saturated heterocycles. The van der Waals surface area contributed by atoms with Gasteiger partial charge in [-0.1, -0.05) is 0 Å². The second-order valence-electron chi connectivity index (χ2n) is 8.59. The fourth-order valence-electron chi connectivity index (χ4n) is 3.63. The quantitative estimate of drug-likeness (QED) is 0.159. The molecule has 0 atom stereocenters. The van der Waals surface area contributed by atoms with Crippen molar-refractivity contribution in [1.82, 2.24) is 20.3 Å². The van der Waals surface area contributed by atoms with Crippen LogP contribution < -0.4 is 26.7 Å². The van der Waals surface area contributed by atoms with Crippen LogP contribution in [-0.2, 0) is 20.8 Å². The number of benzene rings is 1. The number of hydrogen-bond donors (Lipinski definition) is 4. The van der Waals surface area contributed by atoms with Crippen molar-refractivity contribution in [3.8, 4) is 0 Å². The van der Waals surface area contributed by atoms with Crippen molar-refractivity contribution in [2.75, 3.05) is 56.4 Å². The second-order valence-corrected chi connectivity index (χ2v) is 8.59. The monoisotopic (exact) mass is 527 g/mol. The average Bonchev–Trinajstić information content (AvgIpc) is 2.90. The molecule has 0 bridgehead atoms. The van der Waals surface area contributed by atoms with Crippen molar-refractivity contribution in [3.63, 3.8) is 0 Å². The molecule has 0 saturated carbocycles. The summed E-state index contributed by atoms with van der Waals surface area (Å²) >= 11 is 0. The highest BCUT2D eigenvalue weighted by Gasteiger charge is 2.15. The van der Waals surface area contributed by atoms with E-state index in [0.717, 1.165) is 17.8 Å². The van der Waals surface area contributed by atoms with E-state index >= 15 is 0 Å². The Kier molecular flexibility index (Phi) is 10.9. The number of aromatic amines is 1. The van der Waals surface area contributed by atoms with Gasteiger partial charge in [-0.15, -0.1) is 0 Å². The van der Waals surface area contributed by atoms with E-state index in [1.807, 2.05) is 24.1 Å². The highest BCUT2D eigenvalue weighted by Crippen LogP contribution is 2.18. The third kappa shape index (κ3) is 8.78. The number of nitrogens with zero attached hydrogens (tertiary/aromatic N) is 4. The number of aliphatic hydroxyl groups is 1. The van der Waals surface area contributed by atoms with Crippen LogP contribution in [0.3, 0.4) is 0 Å². The van der Waals surface area contributed by atoms with Crippen LogP contribution >= 0.6 is 0 Å². The van der Waals surface area contributed by atoms with Crippen LogP contribution in [0.2, 0.25) is 0 Å². The molecule has 3 aromatic rings. The van der Waals surface area contributed by atoms with Crippen molar-refractivity contribution in [2.24, 2.45) is 0 Å². The van der Waals surface area contributed by atoms with Gasteiger partial charge in [0.25, 0.3) is 0 Å². The van der Waals surface area contributed by atoms with E-state index in [0.29, 0.717) is 62.3 Å². The average molecular weight is 528 g/mol. The molecule has 3 rings (SSSR count). The van der Waals surface area contributed by atoms with Gasteiger partial charge in [-0.05, 0) is 43.5 Å². The van der Waals surface area contributed by atoms with Gasteiger partial charge in [-0.25, -0.2) is 14.8 Å². The molecule has 2 aromatic heterocycles. The lowest BCUT2D eigenvalue weighted by molar-refractivity contribution is -0.349. The van der Waals surface area contributed by atoms with Gasteiger partial charge in [0.2, 0.25) is 5.91 Å². The van der Waals surface area contributed by atoms with Crippen molar-refractivity contribution in [2.45, 2.75) is 32.2 Å². The Bertz CT molecular complexity index is 1210. The number of carbonyl (C=O) groups is 2. The number of aromatic nitrogens is 4. The number of rotatable bonds is 15. The molecule has 0 fully saturated rings. The maximum Gasteiger partial charge on any atom is 0.355 e. The zero-order valence-electron chi connectivity index (χ0n) is 21.5. The molecule has 7 N–H and O–H groups in total. The van der Waals surface area contributed by atoms with Crippen molar-refractivity contribution < 1.29 is 29.2 Å². The van der Waals surface area contributed by atoms with Crippen LogP contribution in [0.5, 0.6) is 0 Å². The summed E-state index contributed by atoms with van der Waals surface area (Å²) < 4.78 is 10.4. The molecule has 13 heteroatoms. The standard InChI is InChI=1S/C25H34N8O5/c1-33(16-18-15-29-23-21(30-18)22(26)31-25(27)32-23)19-8-6-17(7-9-19)24(36)38-12-4-2-3-5-20(35)28-10-13-37-14-11-34/h6-9,15,34H,2-5,10-14,16H2,1H3,(H,28,35)(H4,26,27,29,31,32)/p+1. The van der Waals surface area contributed by atoms with E-state index in [2.05, 4.69) is 25.3 Å². The molecule has 0 aliphatic rings. The predicted octanol–water partition coefficient (Wildman–Crippen LogP) is 0.482. The molecule has 38 heavy (non-hydrogen) atoms. The first-order valence-corrected chi connectivity index (χ1v) is 12.4. The van der Waals surface area contributed by atoms with Crippen LogP contribution in [0.25, 0.3) is 11.2 Å². The number of aliphatic hydroxyl groups excluding tert-OH is 1. The van der Waals surface area contributed by atoms with Gasteiger partial charge in [-0.3, -0.25) is 4.79 Å². The molecule has 0 spiro atoms. The van der Waals surface area contributed by atoms with E-state index in [9.17, 15) is 9.59 Å². The Morgan fingerprint density at radius 1 is 1.05 bits per heavy atom. The molecule has 13 nitrogen and oxygen atoms in total. The van der Waals surface area contributed by atoms with Crippen LogP contribution in [0.15, 0.2) is 30.5 Å². The van der Waals surface area contributed by atoms with Crippen LogP contribution in [0.1, 0.15) is 41.7 Å². The zero-order chi connectivity index (χ0) is 27.3. The molecule has 2 heterocycles. The number of nitrogen functional groups attached to an aromatic ring is 2. The van der Waals surface area contributed by atoms with Gasteiger partial charge in [0, 0.05) is 30.7 Å². The minimum atomic E-state index is -0.389. The molecular formula is C25H35N8O5+. The Morgan fingerprint density at radius 2 is 1.84 bits per heavy atom. The SMILES string of the molecule is CN(Cc1c[nH+]c2nc(N)nc(N)c2n1)c1ccc(C(=O)OCCCCCC(=O)NCCOCCO)cc1. The third-order valence-electron chi connectivity index (χ3n) is 5.59. The number of H-pyrrole nitrogens is 1. The largest absolute Gasteiger partial charge is 0.462 e. The van der Waals surface area contributed by atoms with Gasteiger partial charge < -0.3 is 36.3 Å². The molecule has 0 aliphatic heterocycles. The summed E-state index contributed by atoms with van der Waals surface area (Å²) in [5.74, 6) is -0.147. The topological polar surface area (TPSA) is 193 Å². The maximum atomic E-state index is 12.4. The van der Waals surface area contributed by atoms with E-state index in [1.54, 1.807) is 18.3 Å². The molecule has 0 radical (unpaired) electrons. The number of hydrogen-bond acceptors (Lipinski definition) is 11. The summed E-state index contributed by atoms with van der Waals surface area (Å²) in [4.78, 5) is 41.7. The summed E-state index contributed by atoms with van der Waals surface area (Å²) in [6, 6.07) is 7.12. The van der Waals surface area contributed by atoms with Gasteiger partial charge in [0.05, 0.1) is 44.2 Å². The van der Waals surface area contributed by atoms with E-state index < -0.39 is 0 Å². The Morgan fingerprint density at radius 3 is 2.61 bits per heavy atom. The van der Waals surface area contributed by atoms with E-state index in [4.69, 9.17) is 26.0 Å². The summed E-state index contributed by atoms with van der Waals surface area (Å²) in [5.41, 5.74) is 14.5. The van der Waals surface area contributed by atoms with Gasteiger partial charge in [0.1, 0.15) is 6.20 Å². The summed E-state index contributed by atoms with van der Waals surface area (Å²) in [6.07, 6.45) is 4.30. The molecular weight excluding hydrogens is 492 g/mol. The van der Waals surface area contributed by atoms with Gasteiger partial charge >= 0.3 is 17.6 Å². The first-order chi connectivity index (χ1) is 18.4. The number of fused-ring (bicyclic) bond motifs is 1.